The molecule has 1 aromatic carbocycles. The van der Waals surface area contributed by atoms with Crippen LogP contribution in [-0.4, -0.2) is 16.1 Å². The van der Waals surface area contributed by atoms with Gasteiger partial charge in [0.15, 0.2) is 0 Å². The molecule has 0 spiro atoms. The number of aromatic nitrogens is 2. The van der Waals surface area contributed by atoms with Crippen molar-refractivity contribution in [3.05, 3.63) is 48.3 Å². The number of rotatable bonds is 5. The third-order valence-electron chi connectivity index (χ3n) is 2.66. The molecule has 1 N–H and O–H groups in total. The molecule has 0 atom stereocenters. The summed E-state index contributed by atoms with van der Waals surface area (Å²) in [5, 5.41) is 3.08. The summed E-state index contributed by atoms with van der Waals surface area (Å²) in [5.74, 6) is 0.842. The summed E-state index contributed by atoms with van der Waals surface area (Å²) >= 11 is 0. The van der Waals surface area contributed by atoms with E-state index in [1.54, 1.807) is 18.3 Å². The smallest absolute Gasteiger partial charge is 0.146 e. The van der Waals surface area contributed by atoms with E-state index in [2.05, 4.69) is 21.8 Å². The van der Waals surface area contributed by atoms with Gasteiger partial charge in [0, 0.05) is 31.9 Å². The number of aryl methyl sites for hydroxylation is 1. The number of imidazole rings is 1. The van der Waals surface area contributed by atoms with E-state index in [0.29, 0.717) is 12.2 Å². The molecule has 1 heterocycles. The van der Waals surface area contributed by atoms with Gasteiger partial charge in [0.25, 0.3) is 0 Å². The van der Waals surface area contributed by atoms with E-state index in [1.165, 1.54) is 6.07 Å². The second-order valence-electron chi connectivity index (χ2n) is 3.80. The highest BCUT2D eigenvalue weighted by Gasteiger charge is 2.01. The first kappa shape index (κ1) is 11.6. The molecule has 3 nitrogen and oxygen atoms in total. The molecule has 90 valence electrons. The van der Waals surface area contributed by atoms with Crippen molar-refractivity contribution in [3.63, 3.8) is 0 Å². The molecule has 0 saturated carbocycles. The summed E-state index contributed by atoms with van der Waals surface area (Å²) in [6.07, 6.45) is 4.65. The van der Waals surface area contributed by atoms with Crippen molar-refractivity contribution < 1.29 is 4.39 Å². The molecule has 0 unspecified atom stereocenters. The highest BCUT2D eigenvalue weighted by Crippen LogP contribution is 2.11. The lowest BCUT2D eigenvalue weighted by molar-refractivity contribution is 0.626. The van der Waals surface area contributed by atoms with Crippen LogP contribution in [0.25, 0.3) is 0 Å². The van der Waals surface area contributed by atoms with Crippen LogP contribution in [0.2, 0.25) is 0 Å². The summed E-state index contributed by atoms with van der Waals surface area (Å²) in [5.41, 5.74) is 0.547. The lowest BCUT2D eigenvalue weighted by Gasteiger charge is -2.09. The minimum atomic E-state index is -0.214. The number of hydrogen-bond donors (Lipinski definition) is 1. The maximum atomic E-state index is 13.3. The van der Waals surface area contributed by atoms with Crippen LogP contribution in [0.15, 0.2) is 36.7 Å². The number of para-hydroxylation sites is 1. The molecule has 0 aliphatic heterocycles. The molecule has 0 bridgehead atoms. The Morgan fingerprint density at radius 3 is 2.94 bits per heavy atom. The Bertz CT molecular complexity index is 479. The van der Waals surface area contributed by atoms with Crippen LogP contribution >= 0.6 is 0 Å². The summed E-state index contributed by atoms with van der Waals surface area (Å²) in [6, 6.07) is 6.70. The molecule has 0 amide bonds. The normalized spacial score (nSPS) is 10.5. The molecule has 1 aromatic heterocycles. The van der Waals surface area contributed by atoms with E-state index in [-0.39, 0.29) is 5.82 Å². The zero-order valence-corrected chi connectivity index (χ0v) is 9.86. The van der Waals surface area contributed by atoms with Crippen LogP contribution in [0.5, 0.6) is 0 Å². The number of nitrogens with one attached hydrogen (secondary N) is 1. The standard InChI is InChI=1S/C13H16FN3/c1-2-13-16-8-10-17(13)9-7-15-12-6-4-3-5-11(12)14/h3-6,8,10,15H,2,7,9H2,1H3. The van der Waals surface area contributed by atoms with Gasteiger partial charge in [-0.05, 0) is 12.1 Å². The fourth-order valence-corrected chi connectivity index (χ4v) is 1.77. The molecule has 0 saturated heterocycles. The third kappa shape index (κ3) is 2.84. The average molecular weight is 233 g/mol. The van der Waals surface area contributed by atoms with Gasteiger partial charge in [0.2, 0.25) is 0 Å². The van der Waals surface area contributed by atoms with Crippen LogP contribution < -0.4 is 5.32 Å². The summed E-state index contributed by atoms with van der Waals surface area (Å²) in [6.45, 7) is 3.55. The zero-order chi connectivity index (χ0) is 12.1. The van der Waals surface area contributed by atoms with Crippen molar-refractivity contribution >= 4 is 5.69 Å². The highest BCUT2D eigenvalue weighted by atomic mass is 19.1. The molecule has 0 aliphatic carbocycles. The van der Waals surface area contributed by atoms with E-state index in [0.717, 1.165) is 18.8 Å². The highest BCUT2D eigenvalue weighted by molar-refractivity contribution is 5.44. The Morgan fingerprint density at radius 2 is 2.18 bits per heavy atom. The Hall–Kier alpha value is -1.84. The Labute approximate surface area is 100 Å². The Kier molecular flexibility index (Phi) is 3.75. The average Bonchev–Trinajstić information content (AvgIpc) is 2.79. The van der Waals surface area contributed by atoms with E-state index >= 15 is 0 Å². The van der Waals surface area contributed by atoms with Gasteiger partial charge in [-0.25, -0.2) is 9.37 Å². The van der Waals surface area contributed by atoms with Gasteiger partial charge in [-0.2, -0.15) is 0 Å². The van der Waals surface area contributed by atoms with Gasteiger partial charge in [0.05, 0.1) is 5.69 Å². The molecular weight excluding hydrogens is 217 g/mol. The number of halogens is 1. The Balaban J connectivity index is 1.90. The molecule has 0 fully saturated rings. The van der Waals surface area contributed by atoms with Gasteiger partial charge in [-0.3, -0.25) is 0 Å². The van der Waals surface area contributed by atoms with Crippen LogP contribution in [0.3, 0.4) is 0 Å². The molecule has 17 heavy (non-hydrogen) atoms. The van der Waals surface area contributed by atoms with Crippen LogP contribution in [0, 0.1) is 5.82 Å². The van der Waals surface area contributed by atoms with E-state index in [9.17, 15) is 4.39 Å². The number of benzene rings is 1. The number of anilines is 1. The topological polar surface area (TPSA) is 29.9 Å². The summed E-state index contributed by atoms with van der Waals surface area (Å²) in [4.78, 5) is 4.24. The van der Waals surface area contributed by atoms with Crippen molar-refractivity contribution in [2.75, 3.05) is 11.9 Å². The van der Waals surface area contributed by atoms with Crippen LogP contribution in [0.4, 0.5) is 10.1 Å². The van der Waals surface area contributed by atoms with Crippen LogP contribution in [-0.2, 0) is 13.0 Å². The molecule has 2 rings (SSSR count). The van der Waals surface area contributed by atoms with E-state index in [1.807, 2.05) is 12.3 Å². The SMILES string of the molecule is CCc1nccn1CCNc1ccccc1F. The fraction of sp³-hybridized carbons (Fsp3) is 0.308. The van der Waals surface area contributed by atoms with Gasteiger partial charge < -0.3 is 9.88 Å². The second kappa shape index (κ2) is 5.48. The first-order valence-corrected chi connectivity index (χ1v) is 5.79. The predicted octanol–water partition coefficient (Wildman–Crippen LogP) is 2.70. The van der Waals surface area contributed by atoms with Gasteiger partial charge in [0.1, 0.15) is 11.6 Å². The summed E-state index contributed by atoms with van der Waals surface area (Å²) in [7, 11) is 0. The lowest BCUT2D eigenvalue weighted by Crippen LogP contribution is -2.12. The minimum Gasteiger partial charge on any atom is -0.381 e. The maximum Gasteiger partial charge on any atom is 0.146 e. The van der Waals surface area contributed by atoms with Gasteiger partial charge in [-0.15, -0.1) is 0 Å². The van der Waals surface area contributed by atoms with Crippen LogP contribution in [0.1, 0.15) is 12.7 Å². The zero-order valence-electron chi connectivity index (χ0n) is 9.86. The van der Waals surface area contributed by atoms with Crippen molar-refractivity contribution in [2.45, 2.75) is 19.9 Å². The van der Waals surface area contributed by atoms with Crippen molar-refractivity contribution in [3.8, 4) is 0 Å². The van der Waals surface area contributed by atoms with Crippen molar-refractivity contribution in [1.82, 2.24) is 9.55 Å². The monoisotopic (exact) mass is 233 g/mol. The number of hydrogen-bond acceptors (Lipinski definition) is 2. The molecule has 4 heteroatoms. The Morgan fingerprint density at radius 1 is 1.35 bits per heavy atom. The molecule has 0 radical (unpaired) electrons. The fourth-order valence-electron chi connectivity index (χ4n) is 1.77. The first-order valence-electron chi connectivity index (χ1n) is 5.79. The van der Waals surface area contributed by atoms with Gasteiger partial charge in [-0.1, -0.05) is 19.1 Å². The van der Waals surface area contributed by atoms with E-state index < -0.39 is 0 Å². The van der Waals surface area contributed by atoms with Crippen molar-refractivity contribution in [1.29, 1.82) is 0 Å². The quantitative estimate of drug-likeness (QED) is 0.860. The largest absolute Gasteiger partial charge is 0.381 e. The third-order valence-corrected chi connectivity index (χ3v) is 2.66. The maximum absolute atomic E-state index is 13.3. The summed E-state index contributed by atoms with van der Waals surface area (Å²) < 4.78 is 15.4. The minimum absolute atomic E-state index is 0.214. The molecule has 2 aromatic rings. The van der Waals surface area contributed by atoms with Gasteiger partial charge >= 0.3 is 0 Å². The molecular formula is C13H16FN3. The molecule has 0 aliphatic rings. The first-order chi connectivity index (χ1) is 8.31. The van der Waals surface area contributed by atoms with Crippen molar-refractivity contribution in [2.24, 2.45) is 0 Å². The lowest BCUT2D eigenvalue weighted by atomic mass is 10.3. The van der Waals surface area contributed by atoms with E-state index in [4.69, 9.17) is 0 Å². The second-order valence-corrected chi connectivity index (χ2v) is 3.80. The number of nitrogens with zero attached hydrogens (tertiary/aromatic N) is 2. The predicted molar refractivity (Wildman–Crippen MR) is 66.5 cm³/mol.